The first-order chi connectivity index (χ1) is 7.86. The van der Waals surface area contributed by atoms with Gasteiger partial charge in [0, 0.05) is 39.3 Å². The fourth-order valence-corrected chi connectivity index (χ4v) is 2.40. The van der Waals surface area contributed by atoms with E-state index in [2.05, 4.69) is 15.5 Å². The molecule has 1 aromatic heterocycles. The number of hydrogen-bond acceptors (Lipinski definition) is 4. The Kier molecular flexibility index (Phi) is 4.33. The number of nitrogens with one attached hydrogen (secondary N) is 2. The smallest absolute Gasteiger partial charge is 0.261 e. The van der Waals surface area contributed by atoms with Crippen molar-refractivity contribution in [2.24, 2.45) is 0 Å². The lowest BCUT2D eigenvalue weighted by Gasteiger charge is -2.26. The molecule has 88 valence electrons. The summed E-state index contributed by atoms with van der Waals surface area (Å²) in [5, 5.41) is 8.17. The summed E-state index contributed by atoms with van der Waals surface area (Å²) in [5.74, 6) is 0.0464. The van der Waals surface area contributed by atoms with Crippen molar-refractivity contribution in [1.82, 2.24) is 15.5 Å². The monoisotopic (exact) mass is 239 g/mol. The van der Waals surface area contributed by atoms with Gasteiger partial charge in [-0.3, -0.25) is 9.69 Å². The maximum Gasteiger partial charge on any atom is 0.261 e. The summed E-state index contributed by atoms with van der Waals surface area (Å²) >= 11 is 1.48. The second-order valence-corrected chi connectivity index (χ2v) is 4.77. The van der Waals surface area contributed by atoms with Gasteiger partial charge in [-0.25, -0.2) is 0 Å². The molecule has 16 heavy (non-hydrogen) atoms. The topological polar surface area (TPSA) is 44.4 Å². The first-order valence-corrected chi connectivity index (χ1v) is 6.49. The van der Waals surface area contributed by atoms with E-state index >= 15 is 0 Å². The number of piperazine rings is 1. The van der Waals surface area contributed by atoms with Gasteiger partial charge in [-0.15, -0.1) is 11.3 Å². The standard InChI is InChI=1S/C11H17N3OS/c15-11(10-2-1-9-16-10)13-5-8-14-6-3-12-4-7-14/h1-2,9,12H,3-8H2,(H,13,15). The highest BCUT2D eigenvalue weighted by Crippen LogP contribution is 2.07. The molecular formula is C11H17N3OS. The normalized spacial score (nSPS) is 17.2. The van der Waals surface area contributed by atoms with Gasteiger partial charge in [-0.05, 0) is 11.4 Å². The minimum absolute atomic E-state index is 0.0464. The second kappa shape index (κ2) is 5.98. The molecule has 0 unspecified atom stereocenters. The molecule has 2 heterocycles. The molecule has 5 heteroatoms. The van der Waals surface area contributed by atoms with Crippen LogP contribution in [0.15, 0.2) is 17.5 Å². The van der Waals surface area contributed by atoms with E-state index in [1.807, 2.05) is 17.5 Å². The van der Waals surface area contributed by atoms with Crippen molar-refractivity contribution in [2.45, 2.75) is 0 Å². The first kappa shape index (κ1) is 11.6. The quantitative estimate of drug-likeness (QED) is 0.798. The van der Waals surface area contributed by atoms with Gasteiger partial charge < -0.3 is 10.6 Å². The molecule has 0 aliphatic carbocycles. The van der Waals surface area contributed by atoms with Gasteiger partial charge in [-0.2, -0.15) is 0 Å². The van der Waals surface area contributed by atoms with Crippen LogP contribution in [-0.4, -0.2) is 50.1 Å². The van der Waals surface area contributed by atoms with Crippen LogP contribution in [0.25, 0.3) is 0 Å². The number of thiophene rings is 1. The van der Waals surface area contributed by atoms with Crippen molar-refractivity contribution in [1.29, 1.82) is 0 Å². The summed E-state index contributed by atoms with van der Waals surface area (Å²) in [5.41, 5.74) is 0. The number of rotatable bonds is 4. The molecule has 2 N–H and O–H groups in total. The number of nitrogens with zero attached hydrogens (tertiary/aromatic N) is 1. The fraction of sp³-hybridized carbons (Fsp3) is 0.545. The maximum atomic E-state index is 11.6. The van der Waals surface area contributed by atoms with Crippen LogP contribution in [0.2, 0.25) is 0 Å². The molecule has 1 aliphatic rings. The van der Waals surface area contributed by atoms with Gasteiger partial charge >= 0.3 is 0 Å². The number of carbonyl (C=O) groups excluding carboxylic acids is 1. The summed E-state index contributed by atoms with van der Waals surface area (Å²) < 4.78 is 0. The van der Waals surface area contributed by atoms with E-state index in [-0.39, 0.29) is 5.91 Å². The Hall–Kier alpha value is -0.910. The largest absolute Gasteiger partial charge is 0.350 e. The minimum atomic E-state index is 0.0464. The first-order valence-electron chi connectivity index (χ1n) is 5.61. The molecule has 1 fully saturated rings. The molecule has 0 spiro atoms. The van der Waals surface area contributed by atoms with Crippen molar-refractivity contribution in [3.63, 3.8) is 0 Å². The van der Waals surface area contributed by atoms with Gasteiger partial charge in [0.1, 0.15) is 0 Å². The summed E-state index contributed by atoms with van der Waals surface area (Å²) in [6, 6.07) is 3.75. The Morgan fingerprint density at radius 1 is 1.50 bits per heavy atom. The zero-order chi connectivity index (χ0) is 11.2. The maximum absolute atomic E-state index is 11.6. The average Bonchev–Trinajstić information content (AvgIpc) is 2.84. The predicted molar refractivity (Wildman–Crippen MR) is 66.0 cm³/mol. The van der Waals surface area contributed by atoms with E-state index in [1.165, 1.54) is 11.3 Å². The highest BCUT2D eigenvalue weighted by Gasteiger charge is 2.10. The van der Waals surface area contributed by atoms with E-state index in [0.29, 0.717) is 0 Å². The summed E-state index contributed by atoms with van der Waals surface area (Å²) in [7, 11) is 0. The lowest BCUT2D eigenvalue weighted by molar-refractivity contribution is 0.0951. The van der Waals surface area contributed by atoms with Gasteiger partial charge in [0.05, 0.1) is 4.88 Å². The highest BCUT2D eigenvalue weighted by molar-refractivity contribution is 7.12. The van der Waals surface area contributed by atoms with Crippen molar-refractivity contribution in [2.75, 3.05) is 39.3 Å². The van der Waals surface area contributed by atoms with Crippen molar-refractivity contribution < 1.29 is 4.79 Å². The molecule has 1 amide bonds. The van der Waals surface area contributed by atoms with Crippen molar-refractivity contribution in [3.05, 3.63) is 22.4 Å². The number of hydrogen-bond donors (Lipinski definition) is 2. The van der Waals surface area contributed by atoms with E-state index in [9.17, 15) is 4.79 Å². The van der Waals surface area contributed by atoms with Crippen molar-refractivity contribution >= 4 is 17.2 Å². The molecule has 0 atom stereocenters. The van der Waals surface area contributed by atoms with Crippen molar-refractivity contribution in [3.8, 4) is 0 Å². The molecule has 4 nitrogen and oxygen atoms in total. The average molecular weight is 239 g/mol. The third kappa shape index (κ3) is 3.30. The zero-order valence-corrected chi connectivity index (χ0v) is 10.1. The second-order valence-electron chi connectivity index (χ2n) is 3.82. The van der Waals surface area contributed by atoms with Crippen LogP contribution in [0.1, 0.15) is 9.67 Å². The third-order valence-electron chi connectivity index (χ3n) is 2.67. The van der Waals surface area contributed by atoms with Crippen LogP contribution >= 0.6 is 11.3 Å². The van der Waals surface area contributed by atoms with E-state index in [1.54, 1.807) is 0 Å². The SMILES string of the molecule is O=C(NCCN1CCNCC1)c1cccs1. The van der Waals surface area contributed by atoms with Crippen LogP contribution in [-0.2, 0) is 0 Å². The lowest BCUT2D eigenvalue weighted by Crippen LogP contribution is -2.46. The Morgan fingerprint density at radius 3 is 3.00 bits per heavy atom. The number of carbonyl (C=O) groups is 1. The Bertz CT molecular complexity index is 320. The van der Waals surface area contributed by atoms with E-state index in [0.717, 1.165) is 44.1 Å². The molecule has 0 bridgehead atoms. The van der Waals surface area contributed by atoms with Gasteiger partial charge in [0.2, 0.25) is 0 Å². The minimum Gasteiger partial charge on any atom is -0.350 e. The molecule has 1 aromatic rings. The van der Waals surface area contributed by atoms with E-state index in [4.69, 9.17) is 0 Å². The van der Waals surface area contributed by atoms with E-state index < -0.39 is 0 Å². The lowest BCUT2D eigenvalue weighted by atomic mass is 10.3. The van der Waals surface area contributed by atoms with Crippen LogP contribution < -0.4 is 10.6 Å². The molecule has 0 aromatic carbocycles. The fourth-order valence-electron chi connectivity index (χ4n) is 1.76. The molecule has 2 rings (SSSR count). The van der Waals surface area contributed by atoms with Gasteiger partial charge in [0.25, 0.3) is 5.91 Å². The molecule has 0 radical (unpaired) electrons. The Morgan fingerprint density at radius 2 is 2.31 bits per heavy atom. The van der Waals surface area contributed by atoms with Gasteiger partial charge in [0.15, 0.2) is 0 Å². The Balaban J connectivity index is 1.66. The van der Waals surface area contributed by atoms with Crippen LogP contribution in [0.3, 0.4) is 0 Å². The molecule has 1 aliphatic heterocycles. The number of amides is 1. The molecule has 1 saturated heterocycles. The summed E-state index contributed by atoms with van der Waals surface area (Å²) in [6.45, 7) is 5.94. The molecular weight excluding hydrogens is 222 g/mol. The zero-order valence-electron chi connectivity index (χ0n) is 9.24. The van der Waals surface area contributed by atoms with Crippen LogP contribution in [0, 0.1) is 0 Å². The van der Waals surface area contributed by atoms with Crippen LogP contribution in [0.4, 0.5) is 0 Å². The summed E-state index contributed by atoms with van der Waals surface area (Å²) in [4.78, 5) is 14.8. The molecule has 0 saturated carbocycles. The van der Waals surface area contributed by atoms with Gasteiger partial charge in [-0.1, -0.05) is 6.07 Å². The Labute approximate surface area is 99.6 Å². The predicted octanol–water partition coefficient (Wildman–Crippen LogP) is 0.383. The highest BCUT2D eigenvalue weighted by atomic mass is 32.1. The van der Waals surface area contributed by atoms with Crippen LogP contribution in [0.5, 0.6) is 0 Å². The third-order valence-corrected chi connectivity index (χ3v) is 3.54. The summed E-state index contributed by atoms with van der Waals surface area (Å²) in [6.07, 6.45) is 0.